The molecular formula is C32H36N4O4. The van der Waals surface area contributed by atoms with Crippen molar-refractivity contribution in [2.75, 3.05) is 10.2 Å². The zero-order valence-electron chi connectivity index (χ0n) is 22.9. The van der Waals surface area contributed by atoms with Crippen LogP contribution in [-0.2, 0) is 9.59 Å². The molecular weight excluding hydrogens is 504 g/mol. The van der Waals surface area contributed by atoms with Crippen LogP contribution in [0.15, 0.2) is 72.8 Å². The molecule has 0 radical (unpaired) electrons. The van der Waals surface area contributed by atoms with Crippen LogP contribution in [-0.4, -0.2) is 35.9 Å². The maximum absolute atomic E-state index is 14.1. The van der Waals surface area contributed by atoms with E-state index in [4.69, 9.17) is 10.5 Å². The van der Waals surface area contributed by atoms with E-state index in [-0.39, 0.29) is 36.2 Å². The van der Waals surface area contributed by atoms with Crippen molar-refractivity contribution in [3.8, 4) is 5.75 Å². The summed E-state index contributed by atoms with van der Waals surface area (Å²) < 4.78 is 6.00. The summed E-state index contributed by atoms with van der Waals surface area (Å²) in [5, 5.41) is 6.00. The van der Waals surface area contributed by atoms with E-state index in [9.17, 15) is 14.4 Å². The molecule has 1 aliphatic carbocycles. The van der Waals surface area contributed by atoms with Crippen molar-refractivity contribution in [3.05, 3.63) is 89.5 Å². The van der Waals surface area contributed by atoms with Gasteiger partial charge in [0.1, 0.15) is 5.75 Å². The lowest BCUT2D eigenvalue weighted by molar-refractivity contribution is -0.125. The van der Waals surface area contributed by atoms with Gasteiger partial charge in [-0.2, -0.15) is 0 Å². The maximum Gasteiger partial charge on any atom is 0.268 e. The van der Waals surface area contributed by atoms with Crippen molar-refractivity contribution < 1.29 is 19.1 Å². The van der Waals surface area contributed by atoms with Crippen molar-refractivity contribution in [1.82, 2.24) is 5.32 Å². The summed E-state index contributed by atoms with van der Waals surface area (Å²) in [6.07, 6.45) is 3.05. The fourth-order valence-corrected chi connectivity index (χ4v) is 5.49. The highest BCUT2D eigenvalue weighted by Crippen LogP contribution is 2.39. The topological polar surface area (TPSA) is 114 Å². The normalized spacial score (nSPS) is 21.4. The van der Waals surface area contributed by atoms with E-state index in [1.807, 2.05) is 49.4 Å². The van der Waals surface area contributed by atoms with E-state index < -0.39 is 12.1 Å². The average Bonchev–Trinajstić information content (AvgIpc) is 3.10. The number of nitrogens with one attached hydrogen (secondary N) is 2. The molecule has 0 saturated heterocycles. The van der Waals surface area contributed by atoms with Gasteiger partial charge >= 0.3 is 0 Å². The molecule has 0 bridgehead atoms. The minimum atomic E-state index is -0.827. The maximum atomic E-state index is 14.1. The first-order chi connectivity index (χ1) is 19.3. The lowest BCUT2D eigenvalue weighted by Crippen LogP contribution is -2.49. The molecule has 0 aromatic heterocycles. The zero-order valence-corrected chi connectivity index (χ0v) is 22.9. The van der Waals surface area contributed by atoms with Crippen LogP contribution in [0.3, 0.4) is 0 Å². The summed E-state index contributed by atoms with van der Waals surface area (Å²) >= 11 is 0. The largest absolute Gasteiger partial charge is 0.481 e. The highest BCUT2D eigenvalue weighted by molar-refractivity contribution is 6.07. The first kappa shape index (κ1) is 27.4. The molecule has 2 aliphatic rings. The van der Waals surface area contributed by atoms with Crippen molar-refractivity contribution >= 4 is 29.1 Å². The molecule has 4 unspecified atom stereocenters. The molecule has 4 atom stereocenters. The number of fused-ring (bicyclic) bond motifs is 1. The van der Waals surface area contributed by atoms with Crippen LogP contribution in [0.2, 0.25) is 0 Å². The molecule has 3 aromatic carbocycles. The quantitative estimate of drug-likeness (QED) is 0.413. The van der Waals surface area contributed by atoms with Gasteiger partial charge in [0.25, 0.3) is 11.8 Å². The number of anilines is 2. The highest BCUT2D eigenvalue weighted by Gasteiger charge is 2.37. The molecule has 1 aliphatic heterocycles. The number of benzene rings is 3. The third-order valence-corrected chi connectivity index (χ3v) is 7.72. The molecule has 3 amide bonds. The molecule has 8 heteroatoms. The third-order valence-electron chi connectivity index (χ3n) is 7.72. The number of rotatable bonds is 6. The second-order valence-electron chi connectivity index (χ2n) is 10.7. The van der Waals surface area contributed by atoms with Crippen LogP contribution < -0.4 is 26.0 Å². The summed E-state index contributed by atoms with van der Waals surface area (Å²) in [5.41, 5.74) is 9.46. The van der Waals surface area contributed by atoms with E-state index in [1.165, 1.54) is 0 Å². The standard InChI is InChI=1S/C32H36N4O4/c1-20-12-14-22(15-13-20)29-19-30(37)34-27-18-23(31(38)35-26-11-7-6-10-25(26)33)16-17-28(27)36(29)32(39)21(2)40-24-8-4-3-5-9-24/h3-5,8-9,12-18,21,25-26,29H,6-7,10-11,19,33H2,1-2H3,(H,34,37)(H,35,38). The first-order valence-corrected chi connectivity index (χ1v) is 13.9. The van der Waals surface area contributed by atoms with Crippen LogP contribution in [0.5, 0.6) is 5.75 Å². The van der Waals surface area contributed by atoms with Crippen LogP contribution in [0.25, 0.3) is 0 Å². The van der Waals surface area contributed by atoms with Gasteiger partial charge in [-0.25, -0.2) is 0 Å². The van der Waals surface area contributed by atoms with Crippen molar-refractivity contribution in [3.63, 3.8) is 0 Å². The Hall–Kier alpha value is -4.17. The predicted molar refractivity (Wildman–Crippen MR) is 155 cm³/mol. The second kappa shape index (κ2) is 11.9. The molecule has 3 aromatic rings. The summed E-state index contributed by atoms with van der Waals surface area (Å²) in [5.74, 6) is -0.215. The highest BCUT2D eigenvalue weighted by atomic mass is 16.5. The van der Waals surface area contributed by atoms with E-state index in [0.717, 1.165) is 36.8 Å². The summed E-state index contributed by atoms with van der Waals surface area (Å²) in [6, 6.07) is 21.3. The number of amides is 3. The van der Waals surface area contributed by atoms with Crippen molar-refractivity contribution in [2.24, 2.45) is 5.73 Å². The fraction of sp³-hybridized carbons (Fsp3) is 0.344. The molecule has 8 nitrogen and oxygen atoms in total. The molecule has 4 N–H and O–H groups in total. The van der Waals surface area contributed by atoms with Crippen LogP contribution >= 0.6 is 0 Å². The van der Waals surface area contributed by atoms with Gasteiger partial charge in [0.2, 0.25) is 5.91 Å². The Labute approximate surface area is 234 Å². The number of hydrogen-bond donors (Lipinski definition) is 3. The minimum Gasteiger partial charge on any atom is -0.481 e. The Morgan fingerprint density at radius 1 is 1.02 bits per heavy atom. The number of carbonyl (C=O) groups is 3. The number of nitrogens with zero attached hydrogens (tertiary/aromatic N) is 1. The van der Waals surface area contributed by atoms with Gasteiger partial charge in [-0.1, -0.05) is 60.9 Å². The van der Waals surface area contributed by atoms with E-state index in [2.05, 4.69) is 10.6 Å². The van der Waals surface area contributed by atoms with Gasteiger partial charge in [0.05, 0.1) is 23.8 Å². The summed E-state index contributed by atoms with van der Waals surface area (Å²) in [4.78, 5) is 42.0. The van der Waals surface area contributed by atoms with Crippen LogP contribution in [0.4, 0.5) is 11.4 Å². The van der Waals surface area contributed by atoms with Gasteiger partial charge in [0.15, 0.2) is 6.10 Å². The fourth-order valence-electron chi connectivity index (χ4n) is 5.49. The Balaban J connectivity index is 1.50. The Morgan fingerprint density at radius 2 is 1.75 bits per heavy atom. The monoisotopic (exact) mass is 540 g/mol. The van der Waals surface area contributed by atoms with Crippen LogP contribution in [0.1, 0.15) is 66.6 Å². The van der Waals surface area contributed by atoms with Gasteiger partial charge in [-0.05, 0) is 62.6 Å². The smallest absolute Gasteiger partial charge is 0.268 e. The average molecular weight is 541 g/mol. The van der Waals surface area contributed by atoms with Crippen molar-refractivity contribution in [2.45, 2.75) is 70.2 Å². The molecule has 1 heterocycles. The first-order valence-electron chi connectivity index (χ1n) is 13.9. The van der Waals surface area contributed by atoms with Crippen molar-refractivity contribution in [1.29, 1.82) is 0 Å². The molecule has 208 valence electrons. The third kappa shape index (κ3) is 6.02. The second-order valence-corrected chi connectivity index (χ2v) is 10.7. The number of carbonyl (C=O) groups excluding carboxylic acids is 3. The summed E-state index contributed by atoms with van der Waals surface area (Å²) in [6.45, 7) is 3.70. The molecule has 5 rings (SSSR count). The minimum absolute atomic E-state index is 0.0556. The SMILES string of the molecule is Cc1ccc(C2CC(=O)Nc3cc(C(=O)NC4CCCCC4N)ccc3N2C(=O)C(C)Oc2ccccc2)cc1. The Bertz CT molecular complexity index is 1380. The molecule has 1 saturated carbocycles. The predicted octanol–water partition coefficient (Wildman–Crippen LogP) is 4.88. The molecule has 1 fully saturated rings. The number of ether oxygens (including phenoxy) is 1. The lowest BCUT2D eigenvalue weighted by atomic mass is 9.91. The number of aryl methyl sites for hydroxylation is 1. The van der Waals surface area contributed by atoms with Gasteiger partial charge in [-0.3, -0.25) is 19.3 Å². The Kier molecular flexibility index (Phi) is 8.16. The zero-order chi connectivity index (χ0) is 28.2. The Morgan fingerprint density at radius 3 is 2.48 bits per heavy atom. The van der Waals surface area contributed by atoms with E-state index >= 15 is 0 Å². The van der Waals surface area contributed by atoms with Gasteiger partial charge in [-0.15, -0.1) is 0 Å². The van der Waals surface area contributed by atoms with E-state index in [1.54, 1.807) is 42.2 Å². The molecule has 0 spiro atoms. The number of para-hydroxylation sites is 1. The molecule has 40 heavy (non-hydrogen) atoms. The van der Waals surface area contributed by atoms with Gasteiger partial charge in [0, 0.05) is 17.6 Å². The van der Waals surface area contributed by atoms with Gasteiger partial charge < -0.3 is 21.1 Å². The summed E-state index contributed by atoms with van der Waals surface area (Å²) in [7, 11) is 0. The number of hydrogen-bond acceptors (Lipinski definition) is 5. The van der Waals surface area contributed by atoms with E-state index in [0.29, 0.717) is 22.7 Å². The lowest BCUT2D eigenvalue weighted by Gasteiger charge is -2.33. The number of nitrogens with two attached hydrogens (primary N) is 1. The van der Waals surface area contributed by atoms with Crippen LogP contribution in [0, 0.1) is 6.92 Å².